The van der Waals surface area contributed by atoms with E-state index in [0.717, 1.165) is 36.7 Å². The van der Waals surface area contributed by atoms with Crippen molar-refractivity contribution in [3.8, 4) is 11.4 Å². The Morgan fingerprint density at radius 2 is 2.20 bits per heavy atom. The van der Waals surface area contributed by atoms with E-state index in [2.05, 4.69) is 15.5 Å². The number of carbonyl (C=O) groups is 1. The Labute approximate surface area is 151 Å². The molecule has 1 fully saturated rings. The molecule has 0 radical (unpaired) electrons. The summed E-state index contributed by atoms with van der Waals surface area (Å²) in [6.45, 7) is 3.25. The quantitative estimate of drug-likeness (QED) is 0.759. The monoisotopic (exact) mass is 362 g/mol. The fourth-order valence-corrected chi connectivity index (χ4v) is 3.51. The van der Waals surface area contributed by atoms with Gasteiger partial charge in [-0.2, -0.15) is 0 Å². The summed E-state index contributed by atoms with van der Waals surface area (Å²) in [5.74, 6) is 1.83. The van der Waals surface area contributed by atoms with Crippen LogP contribution >= 0.6 is 11.8 Å². The van der Waals surface area contributed by atoms with Gasteiger partial charge in [-0.15, -0.1) is 10.2 Å². The molecule has 1 aliphatic rings. The number of rotatable bonds is 7. The highest BCUT2D eigenvalue weighted by molar-refractivity contribution is 7.99. The van der Waals surface area contributed by atoms with Gasteiger partial charge in [-0.05, 0) is 44.0 Å². The molecule has 1 aliphatic heterocycles. The lowest BCUT2D eigenvalue weighted by Crippen LogP contribution is -2.32. The summed E-state index contributed by atoms with van der Waals surface area (Å²) in [6, 6.07) is 7.66. The maximum atomic E-state index is 12.0. The number of aromatic nitrogens is 3. The van der Waals surface area contributed by atoms with Gasteiger partial charge < -0.3 is 14.8 Å². The summed E-state index contributed by atoms with van der Waals surface area (Å²) < 4.78 is 12.6. The van der Waals surface area contributed by atoms with Crippen LogP contribution in [0.5, 0.6) is 5.75 Å². The molecule has 0 spiro atoms. The van der Waals surface area contributed by atoms with Gasteiger partial charge in [0.1, 0.15) is 11.6 Å². The molecular formula is C17H22N4O3S. The van der Waals surface area contributed by atoms with Crippen molar-refractivity contribution in [3.63, 3.8) is 0 Å². The van der Waals surface area contributed by atoms with Crippen LogP contribution in [-0.4, -0.2) is 52.8 Å². The number of carbonyl (C=O) groups excluding carboxylic acids is 1. The Balaban J connectivity index is 1.59. The van der Waals surface area contributed by atoms with Crippen molar-refractivity contribution in [2.75, 3.05) is 26.0 Å². The number of methoxy groups -OCH3 is 1. The average Bonchev–Trinajstić information content (AvgIpc) is 3.28. The molecule has 8 heteroatoms. The van der Waals surface area contributed by atoms with E-state index in [1.807, 2.05) is 35.8 Å². The summed E-state index contributed by atoms with van der Waals surface area (Å²) >= 11 is 1.37. The van der Waals surface area contributed by atoms with Crippen molar-refractivity contribution in [1.29, 1.82) is 0 Å². The molecule has 1 N–H and O–H groups in total. The molecule has 1 atom stereocenters. The van der Waals surface area contributed by atoms with Crippen molar-refractivity contribution >= 4 is 17.7 Å². The van der Waals surface area contributed by atoms with E-state index in [4.69, 9.17) is 9.47 Å². The van der Waals surface area contributed by atoms with Crippen LogP contribution in [-0.2, 0) is 9.53 Å². The predicted molar refractivity (Wildman–Crippen MR) is 95.4 cm³/mol. The summed E-state index contributed by atoms with van der Waals surface area (Å²) in [5.41, 5.74) is 0.936. The zero-order chi connectivity index (χ0) is 17.6. The van der Waals surface area contributed by atoms with Gasteiger partial charge in [-0.25, -0.2) is 0 Å². The minimum absolute atomic E-state index is 0.0255. The van der Waals surface area contributed by atoms with Crippen molar-refractivity contribution in [1.82, 2.24) is 20.1 Å². The average molecular weight is 362 g/mol. The van der Waals surface area contributed by atoms with E-state index in [9.17, 15) is 4.79 Å². The van der Waals surface area contributed by atoms with Crippen LogP contribution in [0.25, 0.3) is 5.69 Å². The van der Waals surface area contributed by atoms with Crippen LogP contribution < -0.4 is 10.1 Å². The Bertz CT molecular complexity index is 711. The number of nitrogens with one attached hydrogen (secondary N) is 1. The van der Waals surface area contributed by atoms with Crippen LogP contribution in [0, 0.1) is 6.92 Å². The van der Waals surface area contributed by atoms with E-state index < -0.39 is 0 Å². The molecule has 2 heterocycles. The first-order chi connectivity index (χ1) is 12.2. The number of nitrogens with zero attached hydrogens (tertiary/aromatic N) is 3. The number of benzene rings is 1. The molecule has 1 aromatic heterocycles. The summed E-state index contributed by atoms with van der Waals surface area (Å²) in [5, 5.41) is 11.9. The zero-order valence-corrected chi connectivity index (χ0v) is 15.2. The van der Waals surface area contributed by atoms with Crippen molar-refractivity contribution in [2.45, 2.75) is 31.0 Å². The number of hydrogen-bond donors (Lipinski definition) is 1. The molecular weight excluding hydrogens is 340 g/mol. The second kappa shape index (κ2) is 8.35. The lowest BCUT2D eigenvalue weighted by atomic mass is 10.2. The first kappa shape index (κ1) is 17.8. The van der Waals surface area contributed by atoms with Gasteiger partial charge in [-0.1, -0.05) is 11.8 Å². The number of thioether (sulfide) groups is 1. The summed E-state index contributed by atoms with van der Waals surface area (Å²) in [4.78, 5) is 12.0. The third-order valence-electron chi connectivity index (χ3n) is 4.01. The molecule has 2 aromatic rings. The molecule has 0 aliphatic carbocycles. The number of amides is 1. The van der Waals surface area contributed by atoms with Gasteiger partial charge >= 0.3 is 0 Å². The highest BCUT2D eigenvalue weighted by Crippen LogP contribution is 2.23. The fourth-order valence-electron chi connectivity index (χ4n) is 2.68. The molecule has 0 saturated carbocycles. The Morgan fingerprint density at radius 3 is 2.88 bits per heavy atom. The smallest absolute Gasteiger partial charge is 0.230 e. The van der Waals surface area contributed by atoms with Crippen LogP contribution in [0.1, 0.15) is 18.7 Å². The molecule has 0 unspecified atom stereocenters. The molecule has 1 amide bonds. The second-order valence-corrected chi connectivity index (χ2v) is 6.73. The van der Waals surface area contributed by atoms with Crippen LogP contribution in [0.3, 0.4) is 0 Å². The first-order valence-electron chi connectivity index (χ1n) is 8.25. The standard InChI is InChI=1S/C17H22N4O3S/c1-12-19-20-17(21(12)13-5-7-14(23-2)8-6-13)25-11-16(22)18-10-15-4-3-9-24-15/h5-8,15H,3-4,9-11H2,1-2H3,(H,18,22)/t15-/m0/s1. The van der Waals surface area contributed by atoms with Crippen LogP contribution in [0.2, 0.25) is 0 Å². The number of aryl methyl sites for hydroxylation is 1. The third kappa shape index (κ3) is 4.52. The number of ether oxygens (including phenoxy) is 2. The topological polar surface area (TPSA) is 78.3 Å². The normalized spacial score (nSPS) is 16.8. The van der Waals surface area contributed by atoms with Gasteiger partial charge in [0.15, 0.2) is 5.16 Å². The zero-order valence-electron chi connectivity index (χ0n) is 14.4. The number of hydrogen-bond acceptors (Lipinski definition) is 6. The minimum Gasteiger partial charge on any atom is -0.497 e. The lowest BCUT2D eigenvalue weighted by molar-refractivity contribution is -0.119. The van der Waals surface area contributed by atoms with Gasteiger partial charge in [0.05, 0.1) is 19.0 Å². The third-order valence-corrected chi connectivity index (χ3v) is 4.94. The largest absolute Gasteiger partial charge is 0.497 e. The summed E-state index contributed by atoms with van der Waals surface area (Å²) in [6.07, 6.45) is 2.23. The van der Waals surface area contributed by atoms with Crippen molar-refractivity contribution in [2.24, 2.45) is 0 Å². The SMILES string of the molecule is COc1ccc(-n2c(C)nnc2SCC(=O)NC[C@@H]2CCCO2)cc1. The molecule has 7 nitrogen and oxygen atoms in total. The van der Waals surface area contributed by atoms with Gasteiger partial charge in [0.2, 0.25) is 5.91 Å². The van der Waals surface area contributed by atoms with E-state index >= 15 is 0 Å². The molecule has 1 saturated heterocycles. The van der Waals surface area contributed by atoms with Gasteiger partial charge in [-0.3, -0.25) is 9.36 Å². The Kier molecular flexibility index (Phi) is 5.93. The molecule has 0 bridgehead atoms. The van der Waals surface area contributed by atoms with Crippen molar-refractivity contribution < 1.29 is 14.3 Å². The molecule has 25 heavy (non-hydrogen) atoms. The highest BCUT2D eigenvalue weighted by Gasteiger charge is 2.17. The van der Waals surface area contributed by atoms with Gasteiger partial charge in [0.25, 0.3) is 0 Å². The van der Waals surface area contributed by atoms with E-state index in [1.54, 1.807) is 7.11 Å². The van der Waals surface area contributed by atoms with Crippen LogP contribution in [0.15, 0.2) is 29.4 Å². The maximum Gasteiger partial charge on any atom is 0.230 e. The molecule has 134 valence electrons. The first-order valence-corrected chi connectivity index (χ1v) is 9.23. The Morgan fingerprint density at radius 1 is 1.40 bits per heavy atom. The van der Waals surface area contributed by atoms with E-state index in [1.165, 1.54) is 11.8 Å². The second-order valence-electron chi connectivity index (χ2n) is 5.79. The lowest BCUT2D eigenvalue weighted by Gasteiger charge is -2.11. The fraction of sp³-hybridized carbons (Fsp3) is 0.471. The van der Waals surface area contributed by atoms with Crippen molar-refractivity contribution in [3.05, 3.63) is 30.1 Å². The Hall–Kier alpha value is -2.06. The van der Waals surface area contributed by atoms with Gasteiger partial charge in [0, 0.05) is 18.8 Å². The summed E-state index contributed by atoms with van der Waals surface area (Å²) in [7, 11) is 1.63. The van der Waals surface area contributed by atoms with E-state index in [-0.39, 0.29) is 12.0 Å². The van der Waals surface area contributed by atoms with Crippen LogP contribution in [0.4, 0.5) is 0 Å². The maximum absolute atomic E-state index is 12.0. The van der Waals surface area contributed by atoms with E-state index in [0.29, 0.717) is 17.5 Å². The molecule has 1 aromatic carbocycles. The minimum atomic E-state index is -0.0255. The highest BCUT2D eigenvalue weighted by atomic mass is 32.2. The predicted octanol–water partition coefficient (Wildman–Crippen LogP) is 1.97. The molecule has 3 rings (SSSR count).